The van der Waals surface area contributed by atoms with Gasteiger partial charge in [0.25, 0.3) is 0 Å². The lowest BCUT2D eigenvalue weighted by Crippen LogP contribution is -2.25. The first-order valence-electron chi connectivity index (χ1n) is 24.4. The molecule has 1 fully saturated rings. The molecule has 0 radical (unpaired) electrons. The Morgan fingerprint density at radius 2 is 0.638 bits per heavy atom. The fourth-order valence-corrected chi connectivity index (χ4v) is 12.1. The molecule has 0 bridgehead atoms. The van der Waals surface area contributed by atoms with Crippen LogP contribution in [0.2, 0.25) is 0 Å². The van der Waals surface area contributed by atoms with Crippen molar-refractivity contribution in [1.82, 2.24) is 0 Å². The topological polar surface area (TPSA) is 13.0 Å². The lowest BCUT2D eigenvalue weighted by atomic mass is 9.76. The number of rotatable bonds is 6. The highest BCUT2D eigenvalue weighted by molar-refractivity contribution is 6.04. The molecule has 14 rings (SSSR count). The summed E-state index contributed by atoms with van der Waals surface area (Å²) >= 11 is 0. The molecule has 1 saturated carbocycles. The Morgan fingerprint density at radius 3 is 1.13 bits per heavy atom. The van der Waals surface area contributed by atoms with Crippen molar-refractivity contribution in [2.75, 3.05) is 19.6 Å². The van der Waals surface area contributed by atoms with E-state index in [1.165, 1.54) is 98.3 Å². The summed E-state index contributed by atoms with van der Waals surface area (Å²) in [5, 5.41) is 2.44. The largest absolute Gasteiger partial charge is 0.306 e. The molecule has 0 atom stereocenters. The first kappa shape index (κ1) is 39.6. The normalized spacial score (nSPS) is 15.0. The van der Waals surface area contributed by atoms with Crippen molar-refractivity contribution in [3.63, 3.8) is 0 Å². The third-order valence-electron chi connectivity index (χ3n) is 15.1. The molecule has 0 unspecified atom stereocenters. The minimum Gasteiger partial charge on any atom is -0.306 e. The SMILES string of the molecule is C(=Cc1ccc2cc(N3c4ccccc4N(c4ccccc4)c4ccccc43)ccc2c1)c1ccc2c(c1)C1(CCCC1)c1cc(N3c4ccccc4N(c4ccccc4)c4ccccc43)ccc1-2. The van der Waals surface area contributed by atoms with E-state index in [2.05, 4.69) is 262 Å². The third kappa shape index (κ3) is 6.22. The van der Waals surface area contributed by atoms with E-state index in [0.717, 1.165) is 39.8 Å². The highest BCUT2D eigenvalue weighted by Crippen LogP contribution is 2.60. The van der Waals surface area contributed by atoms with Crippen molar-refractivity contribution in [1.29, 1.82) is 0 Å². The predicted octanol–water partition coefficient (Wildman–Crippen LogP) is 18.4. The summed E-state index contributed by atoms with van der Waals surface area (Å²) < 4.78 is 0. The molecule has 2 aliphatic heterocycles. The lowest BCUT2D eigenvalue weighted by Gasteiger charge is -2.40. The van der Waals surface area contributed by atoms with E-state index in [4.69, 9.17) is 0 Å². The first-order valence-corrected chi connectivity index (χ1v) is 24.4. The van der Waals surface area contributed by atoms with Gasteiger partial charge in [0.15, 0.2) is 0 Å². The van der Waals surface area contributed by atoms with Crippen molar-refractivity contribution in [3.05, 3.63) is 253 Å². The summed E-state index contributed by atoms with van der Waals surface area (Å²) in [6, 6.07) is 84.8. The maximum Gasteiger partial charge on any atom is 0.0703 e. The molecule has 10 aromatic carbocycles. The van der Waals surface area contributed by atoms with E-state index in [1.807, 2.05) is 0 Å². The van der Waals surface area contributed by atoms with Crippen LogP contribution in [0.3, 0.4) is 0 Å². The molecule has 4 nitrogen and oxygen atoms in total. The van der Waals surface area contributed by atoms with E-state index in [0.29, 0.717) is 0 Å². The van der Waals surface area contributed by atoms with E-state index < -0.39 is 0 Å². The van der Waals surface area contributed by atoms with Crippen molar-refractivity contribution in [2.24, 2.45) is 0 Å². The summed E-state index contributed by atoms with van der Waals surface area (Å²) in [7, 11) is 0. The minimum atomic E-state index is 0.00526. The second-order valence-corrected chi connectivity index (χ2v) is 18.9. The molecule has 0 aromatic heterocycles. The molecule has 328 valence electrons. The van der Waals surface area contributed by atoms with Crippen LogP contribution < -0.4 is 19.6 Å². The van der Waals surface area contributed by atoms with E-state index in [1.54, 1.807) is 0 Å². The summed E-state index contributed by atoms with van der Waals surface area (Å²) in [5.74, 6) is 0. The van der Waals surface area contributed by atoms with Gasteiger partial charge in [-0.1, -0.05) is 152 Å². The first-order chi connectivity index (χ1) is 34.2. The van der Waals surface area contributed by atoms with Gasteiger partial charge >= 0.3 is 0 Å². The lowest BCUT2D eigenvalue weighted by molar-refractivity contribution is 0.550. The summed E-state index contributed by atoms with van der Waals surface area (Å²) in [5.41, 5.74) is 22.2. The fraction of sp³-hybridized carbons (Fsp3) is 0.0769. The monoisotopic (exact) mass is 884 g/mol. The predicted molar refractivity (Wildman–Crippen MR) is 290 cm³/mol. The smallest absolute Gasteiger partial charge is 0.0703 e. The average Bonchev–Trinajstić information content (AvgIpc) is 4.02. The Balaban J connectivity index is 0.778. The summed E-state index contributed by atoms with van der Waals surface area (Å²) in [6.07, 6.45) is 9.43. The van der Waals surface area contributed by atoms with Crippen molar-refractivity contribution in [3.8, 4) is 11.1 Å². The van der Waals surface area contributed by atoms with Crippen LogP contribution in [0.25, 0.3) is 34.1 Å². The van der Waals surface area contributed by atoms with E-state index in [-0.39, 0.29) is 5.41 Å². The molecule has 1 spiro atoms. The molecular formula is C65H48N4. The van der Waals surface area contributed by atoms with Gasteiger partial charge in [0.05, 0.1) is 45.5 Å². The molecule has 69 heavy (non-hydrogen) atoms. The van der Waals surface area contributed by atoms with Crippen molar-refractivity contribution in [2.45, 2.75) is 31.1 Å². The average molecular weight is 885 g/mol. The Kier molecular flexibility index (Phi) is 9.03. The van der Waals surface area contributed by atoms with Crippen LogP contribution in [0.5, 0.6) is 0 Å². The highest BCUT2D eigenvalue weighted by atomic mass is 15.3. The maximum atomic E-state index is 2.53. The molecular weight excluding hydrogens is 837 g/mol. The quantitative estimate of drug-likeness (QED) is 0.154. The Labute approximate surface area is 403 Å². The van der Waals surface area contributed by atoms with Gasteiger partial charge in [0.2, 0.25) is 0 Å². The van der Waals surface area contributed by atoms with Crippen molar-refractivity contribution >= 4 is 91.2 Å². The molecule has 4 aliphatic rings. The van der Waals surface area contributed by atoms with Gasteiger partial charge in [-0.05, 0) is 160 Å². The molecule has 0 amide bonds. The maximum absolute atomic E-state index is 2.53. The highest BCUT2D eigenvalue weighted by Gasteiger charge is 2.45. The number of fused-ring (bicyclic) bond motifs is 10. The van der Waals surface area contributed by atoms with Crippen LogP contribution in [0.4, 0.5) is 68.2 Å². The fourth-order valence-electron chi connectivity index (χ4n) is 12.1. The number of nitrogens with zero attached hydrogens (tertiary/aromatic N) is 4. The third-order valence-corrected chi connectivity index (χ3v) is 15.1. The number of para-hydroxylation sites is 10. The molecule has 4 heteroatoms. The van der Waals surface area contributed by atoms with Crippen LogP contribution in [0.1, 0.15) is 47.9 Å². The Hall–Kier alpha value is -8.60. The van der Waals surface area contributed by atoms with Gasteiger partial charge in [0.1, 0.15) is 0 Å². The molecule has 2 aliphatic carbocycles. The van der Waals surface area contributed by atoms with Gasteiger partial charge in [0, 0.05) is 28.2 Å². The van der Waals surface area contributed by atoms with Crippen LogP contribution in [-0.2, 0) is 5.41 Å². The summed E-state index contributed by atoms with van der Waals surface area (Å²) in [6.45, 7) is 0. The second kappa shape index (κ2) is 15.8. The Morgan fingerprint density at radius 1 is 0.290 bits per heavy atom. The van der Waals surface area contributed by atoms with Crippen molar-refractivity contribution < 1.29 is 0 Å². The molecule has 0 saturated heterocycles. The van der Waals surface area contributed by atoms with Crippen LogP contribution in [0.15, 0.2) is 231 Å². The van der Waals surface area contributed by atoms with E-state index >= 15 is 0 Å². The van der Waals surface area contributed by atoms with Gasteiger partial charge in [-0.25, -0.2) is 0 Å². The zero-order valence-electron chi connectivity index (χ0n) is 38.2. The van der Waals surface area contributed by atoms with Crippen LogP contribution >= 0.6 is 0 Å². The minimum absolute atomic E-state index is 0.00526. The zero-order valence-corrected chi connectivity index (χ0v) is 38.2. The van der Waals surface area contributed by atoms with Gasteiger partial charge in [-0.15, -0.1) is 0 Å². The van der Waals surface area contributed by atoms with Gasteiger partial charge in [-0.3, -0.25) is 0 Å². The second-order valence-electron chi connectivity index (χ2n) is 18.9. The number of benzene rings is 10. The van der Waals surface area contributed by atoms with Gasteiger partial charge < -0.3 is 19.6 Å². The summed E-state index contributed by atoms with van der Waals surface area (Å²) in [4.78, 5) is 9.67. The molecule has 2 heterocycles. The molecule has 10 aromatic rings. The van der Waals surface area contributed by atoms with Crippen LogP contribution in [-0.4, -0.2) is 0 Å². The zero-order chi connectivity index (χ0) is 45.5. The van der Waals surface area contributed by atoms with Gasteiger partial charge in [-0.2, -0.15) is 0 Å². The van der Waals surface area contributed by atoms with Crippen LogP contribution in [0, 0.1) is 0 Å². The standard InChI is InChI=1S/C65H48N4/c1-3-17-49(18-4-1)66-57-21-7-11-25-61(57)68(62-26-12-8-22-58(62)66)51-35-34-47-41-45(31-33-48(47)43-51)29-30-46-32-37-53-54-38-36-52(44-56(54)65(55(53)42-46)39-15-16-40-65)69-63-27-13-9-23-59(63)67(50-19-5-2-6-20-50)60-24-10-14-28-64(60)69/h1-14,17-38,41-44H,15-16,39-40H2. The van der Waals surface area contributed by atoms with E-state index in [9.17, 15) is 0 Å². The number of anilines is 12. The number of hydrogen-bond donors (Lipinski definition) is 0. The Bertz CT molecular complexity index is 3570. The number of hydrogen-bond acceptors (Lipinski definition) is 4. The molecule has 0 N–H and O–H groups in total.